The molecule has 0 atom stereocenters. The SMILES string of the molecule is O=C(CCC(=O)N1CCSc2ccccc21)NCc1ccc(OC2CCCC2)nc1. The van der Waals surface area contributed by atoms with E-state index < -0.39 is 0 Å². The smallest absolute Gasteiger partial charge is 0.227 e. The molecule has 0 radical (unpaired) electrons. The number of nitrogens with zero attached hydrogens (tertiary/aromatic N) is 2. The number of ether oxygens (including phenoxy) is 1. The molecular weight excluding hydrogens is 398 g/mol. The average Bonchev–Trinajstić information content (AvgIpc) is 3.29. The monoisotopic (exact) mass is 425 g/mol. The summed E-state index contributed by atoms with van der Waals surface area (Å²) in [5.41, 5.74) is 1.86. The van der Waals surface area contributed by atoms with E-state index in [2.05, 4.69) is 10.3 Å². The van der Waals surface area contributed by atoms with Crippen LogP contribution in [0.2, 0.25) is 0 Å². The second-order valence-corrected chi connectivity index (χ2v) is 8.80. The highest BCUT2D eigenvalue weighted by molar-refractivity contribution is 7.99. The highest BCUT2D eigenvalue weighted by Gasteiger charge is 2.23. The van der Waals surface area contributed by atoms with Gasteiger partial charge in [0, 0.05) is 48.8 Å². The van der Waals surface area contributed by atoms with Gasteiger partial charge in [0.15, 0.2) is 0 Å². The number of hydrogen-bond donors (Lipinski definition) is 1. The summed E-state index contributed by atoms with van der Waals surface area (Å²) >= 11 is 1.76. The maximum absolute atomic E-state index is 12.6. The maximum atomic E-state index is 12.6. The Morgan fingerprint density at radius 3 is 2.77 bits per heavy atom. The molecule has 0 bridgehead atoms. The zero-order valence-electron chi connectivity index (χ0n) is 17.0. The van der Waals surface area contributed by atoms with Crippen molar-refractivity contribution >= 4 is 29.3 Å². The van der Waals surface area contributed by atoms with E-state index in [4.69, 9.17) is 4.74 Å². The van der Waals surface area contributed by atoms with E-state index in [-0.39, 0.29) is 30.8 Å². The Hall–Kier alpha value is -2.54. The Morgan fingerprint density at radius 2 is 1.97 bits per heavy atom. The van der Waals surface area contributed by atoms with Gasteiger partial charge in [0.1, 0.15) is 6.10 Å². The van der Waals surface area contributed by atoms with Crippen molar-refractivity contribution in [3.05, 3.63) is 48.2 Å². The lowest BCUT2D eigenvalue weighted by Gasteiger charge is -2.29. The highest BCUT2D eigenvalue weighted by atomic mass is 32.2. The highest BCUT2D eigenvalue weighted by Crippen LogP contribution is 2.34. The predicted octanol–water partition coefficient (Wildman–Crippen LogP) is 3.94. The van der Waals surface area contributed by atoms with Crippen molar-refractivity contribution in [2.45, 2.75) is 56.1 Å². The lowest BCUT2D eigenvalue weighted by molar-refractivity contribution is -0.125. The van der Waals surface area contributed by atoms with Crippen molar-refractivity contribution in [2.24, 2.45) is 0 Å². The molecule has 1 fully saturated rings. The predicted molar refractivity (Wildman–Crippen MR) is 118 cm³/mol. The van der Waals surface area contributed by atoms with Crippen LogP contribution in [0, 0.1) is 0 Å². The van der Waals surface area contributed by atoms with Crippen molar-refractivity contribution in [3.63, 3.8) is 0 Å². The molecule has 0 unspecified atom stereocenters. The minimum absolute atomic E-state index is 0.00650. The number of fused-ring (bicyclic) bond motifs is 1. The number of thioether (sulfide) groups is 1. The van der Waals surface area contributed by atoms with Crippen LogP contribution >= 0.6 is 11.8 Å². The van der Waals surface area contributed by atoms with Gasteiger partial charge in [-0.1, -0.05) is 18.2 Å². The lowest BCUT2D eigenvalue weighted by Crippen LogP contribution is -2.36. The fourth-order valence-electron chi connectivity index (χ4n) is 3.84. The molecule has 4 rings (SSSR count). The maximum Gasteiger partial charge on any atom is 0.227 e. The second-order valence-electron chi connectivity index (χ2n) is 7.67. The Morgan fingerprint density at radius 1 is 1.13 bits per heavy atom. The first-order valence-electron chi connectivity index (χ1n) is 10.6. The van der Waals surface area contributed by atoms with Gasteiger partial charge in [-0.05, 0) is 43.4 Å². The van der Waals surface area contributed by atoms with Crippen molar-refractivity contribution in [2.75, 3.05) is 17.2 Å². The van der Waals surface area contributed by atoms with Gasteiger partial charge in [-0.2, -0.15) is 0 Å². The lowest BCUT2D eigenvalue weighted by atomic mass is 10.2. The van der Waals surface area contributed by atoms with E-state index in [0.717, 1.165) is 34.7 Å². The molecule has 1 aliphatic carbocycles. The molecule has 1 aliphatic heterocycles. The first-order valence-corrected chi connectivity index (χ1v) is 11.6. The summed E-state index contributed by atoms with van der Waals surface area (Å²) < 4.78 is 5.86. The summed E-state index contributed by atoms with van der Waals surface area (Å²) in [5, 5.41) is 2.87. The summed E-state index contributed by atoms with van der Waals surface area (Å²) in [7, 11) is 0. The van der Waals surface area contributed by atoms with Crippen molar-refractivity contribution in [3.8, 4) is 5.88 Å². The van der Waals surface area contributed by atoms with Gasteiger partial charge in [0.05, 0.1) is 5.69 Å². The molecule has 0 saturated heterocycles. The van der Waals surface area contributed by atoms with Gasteiger partial charge < -0.3 is 15.0 Å². The van der Waals surface area contributed by atoms with Crippen molar-refractivity contribution in [1.29, 1.82) is 0 Å². The Labute approximate surface area is 181 Å². The molecule has 6 nitrogen and oxygen atoms in total. The van der Waals surface area contributed by atoms with Crippen LogP contribution in [0.3, 0.4) is 0 Å². The summed E-state index contributed by atoms with van der Waals surface area (Å²) in [6.45, 7) is 1.08. The van der Waals surface area contributed by atoms with E-state index in [1.807, 2.05) is 36.4 Å². The Balaban J connectivity index is 1.21. The fourth-order valence-corrected chi connectivity index (χ4v) is 4.83. The zero-order valence-corrected chi connectivity index (χ0v) is 17.8. The van der Waals surface area contributed by atoms with Gasteiger partial charge >= 0.3 is 0 Å². The number of para-hydroxylation sites is 1. The molecule has 2 aromatic rings. The van der Waals surface area contributed by atoms with Crippen LogP contribution in [0.5, 0.6) is 5.88 Å². The second kappa shape index (κ2) is 9.98. The third kappa shape index (κ3) is 5.33. The number of hydrogen-bond acceptors (Lipinski definition) is 5. The molecule has 7 heteroatoms. The summed E-state index contributed by atoms with van der Waals surface area (Å²) in [4.78, 5) is 32.1. The molecule has 2 amide bonds. The minimum Gasteiger partial charge on any atom is -0.474 e. The van der Waals surface area contributed by atoms with Crippen LogP contribution in [0.15, 0.2) is 47.5 Å². The third-order valence-corrected chi connectivity index (χ3v) is 6.52. The number of aromatic nitrogens is 1. The van der Waals surface area contributed by atoms with Crippen molar-refractivity contribution < 1.29 is 14.3 Å². The van der Waals surface area contributed by atoms with Crippen LogP contribution in [0.4, 0.5) is 5.69 Å². The molecule has 158 valence electrons. The molecule has 2 aliphatic rings. The molecule has 30 heavy (non-hydrogen) atoms. The van der Waals surface area contributed by atoms with Crippen LogP contribution in [0.1, 0.15) is 44.1 Å². The molecule has 1 saturated carbocycles. The van der Waals surface area contributed by atoms with Crippen molar-refractivity contribution in [1.82, 2.24) is 10.3 Å². The number of amides is 2. The van der Waals surface area contributed by atoms with Gasteiger partial charge in [-0.25, -0.2) is 4.98 Å². The number of carbonyl (C=O) groups excluding carboxylic acids is 2. The van der Waals surface area contributed by atoms with Gasteiger partial charge in [-0.3, -0.25) is 9.59 Å². The molecule has 1 N–H and O–H groups in total. The summed E-state index contributed by atoms with van der Waals surface area (Å²) in [6.07, 6.45) is 7.04. The van der Waals surface area contributed by atoms with E-state index >= 15 is 0 Å². The Bertz CT molecular complexity index is 882. The number of carbonyl (C=O) groups is 2. The van der Waals surface area contributed by atoms with Gasteiger partial charge in [-0.15, -0.1) is 11.8 Å². The number of pyridine rings is 1. The van der Waals surface area contributed by atoms with E-state index in [1.165, 1.54) is 12.8 Å². The first-order chi connectivity index (χ1) is 14.7. The quantitative estimate of drug-likeness (QED) is 0.728. The van der Waals surface area contributed by atoms with Crippen LogP contribution in [0.25, 0.3) is 0 Å². The molecule has 0 spiro atoms. The van der Waals surface area contributed by atoms with Crippen LogP contribution in [-0.2, 0) is 16.1 Å². The van der Waals surface area contributed by atoms with E-state index in [0.29, 0.717) is 19.0 Å². The molecule has 1 aromatic carbocycles. The first kappa shape index (κ1) is 20.7. The third-order valence-electron chi connectivity index (χ3n) is 5.47. The standard InChI is InChI=1S/C23H27N3O3S/c27-21(10-12-23(28)26-13-14-30-20-8-4-3-7-19(20)26)24-15-17-9-11-22(25-16-17)29-18-5-1-2-6-18/h3-4,7-9,11,16,18H,1-2,5-6,10,12-15H2,(H,24,27). The summed E-state index contributed by atoms with van der Waals surface area (Å²) in [6, 6.07) is 11.7. The van der Waals surface area contributed by atoms with Gasteiger partial charge in [0.25, 0.3) is 0 Å². The van der Waals surface area contributed by atoms with Crippen LogP contribution in [-0.4, -0.2) is 35.2 Å². The van der Waals surface area contributed by atoms with Crippen LogP contribution < -0.4 is 15.0 Å². The molecular formula is C23H27N3O3S. The minimum atomic E-state index is -0.130. The fraction of sp³-hybridized carbons (Fsp3) is 0.435. The number of anilines is 1. The van der Waals surface area contributed by atoms with E-state index in [1.54, 1.807) is 22.9 Å². The van der Waals surface area contributed by atoms with Gasteiger partial charge in [0.2, 0.25) is 17.7 Å². The molecule has 1 aromatic heterocycles. The Kier molecular flexibility index (Phi) is 6.89. The number of benzene rings is 1. The average molecular weight is 426 g/mol. The zero-order chi connectivity index (χ0) is 20.8. The normalized spacial score (nSPS) is 16.2. The summed E-state index contributed by atoms with van der Waals surface area (Å²) in [5.74, 6) is 1.38. The van der Waals surface area contributed by atoms with E-state index in [9.17, 15) is 9.59 Å². The number of rotatable bonds is 7. The molecule has 2 heterocycles. The largest absolute Gasteiger partial charge is 0.474 e. The topological polar surface area (TPSA) is 71.5 Å². The number of nitrogens with one attached hydrogen (secondary N) is 1.